The molecule has 134 valence electrons. The van der Waals surface area contributed by atoms with E-state index in [1.54, 1.807) is 7.11 Å². The third-order valence-corrected chi connectivity index (χ3v) is 5.23. The van der Waals surface area contributed by atoms with Gasteiger partial charge in [0.05, 0.1) is 18.1 Å². The van der Waals surface area contributed by atoms with E-state index in [4.69, 9.17) is 16.3 Å². The third kappa shape index (κ3) is 4.65. The van der Waals surface area contributed by atoms with Crippen molar-refractivity contribution in [3.63, 3.8) is 0 Å². The molecule has 3 rings (SSSR count). The number of rotatable bonds is 5. The number of hydrogen-bond acceptors (Lipinski definition) is 5. The Morgan fingerprint density at radius 3 is 2.54 bits per heavy atom. The number of halogens is 1. The normalized spacial score (nSPS) is 18.9. The number of thioether (sulfide) groups is 1. The molecule has 1 aliphatic heterocycles. The molecule has 0 aliphatic carbocycles. The van der Waals surface area contributed by atoms with E-state index >= 15 is 0 Å². The minimum Gasteiger partial charge on any atom is -0.497 e. The van der Waals surface area contributed by atoms with Gasteiger partial charge in [-0.1, -0.05) is 35.5 Å². The zero-order valence-corrected chi connectivity index (χ0v) is 16.0. The lowest BCUT2D eigenvalue weighted by Gasteiger charge is -2.05. The summed E-state index contributed by atoms with van der Waals surface area (Å²) in [5.41, 5.74) is 2.76. The second-order valence-corrected chi connectivity index (χ2v) is 7.37. The molecule has 1 atom stereocenters. The molecule has 26 heavy (non-hydrogen) atoms. The molecule has 1 amide bonds. The summed E-state index contributed by atoms with van der Waals surface area (Å²) in [6.07, 6.45) is 0.619. The number of carbonyl (C=O) groups is 1. The van der Waals surface area contributed by atoms with E-state index in [0.29, 0.717) is 16.6 Å². The number of carbonyl (C=O) groups excluding carboxylic acids is 1. The van der Waals surface area contributed by atoms with Gasteiger partial charge in [-0.2, -0.15) is 5.10 Å². The largest absolute Gasteiger partial charge is 0.497 e. The molecule has 5 nitrogen and oxygen atoms in total. The van der Waals surface area contributed by atoms with Gasteiger partial charge < -0.3 is 10.1 Å². The number of ether oxygens (including phenoxy) is 1. The minimum atomic E-state index is -0.216. The maximum Gasteiger partial charge on any atom is 0.239 e. The summed E-state index contributed by atoms with van der Waals surface area (Å²) in [7, 11) is 1.63. The SMILES string of the molecule is COc1ccc(/C(C)=N/N=C2\NC(=O)[C@@H](Cc3ccc(Cl)cc3)S2)cc1. The van der Waals surface area contributed by atoms with Crippen molar-refractivity contribution >= 4 is 40.1 Å². The maximum atomic E-state index is 12.1. The van der Waals surface area contributed by atoms with Crippen LogP contribution in [0, 0.1) is 0 Å². The smallest absolute Gasteiger partial charge is 0.239 e. The summed E-state index contributed by atoms with van der Waals surface area (Å²) in [5.74, 6) is 0.734. The van der Waals surface area contributed by atoms with Crippen LogP contribution in [0.4, 0.5) is 0 Å². The number of amides is 1. The standard InChI is InChI=1S/C19H18ClN3O2S/c1-12(14-5-9-16(25-2)10-6-14)22-23-19-21-18(24)17(26-19)11-13-3-7-15(20)8-4-13/h3-10,17H,11H2,1-2H3,(H,21,23,24)/b22-12+/t17-/m1/s1. The van der Waals surface area contributed by atoms with Crippen molar-refractivity contribution in [2.75, 3.05) is 7.11 Å². The van der Waals surface area contributed by atoms with Gasteiger partial charge in [0, 0.05) is 5.02 Å². The molecule has 2 aromatic rings. The predicted molar refractivity (Wildman–Crippen MR) is 107 cm³/mol. The van der Waals surface area contributed by atoms with Crippen LogP contribution in [0.25, 0.3) is 0 Å². The highest BCUT2D eigenvalue weighted by Gasteiger charge is 2.30. The lowest BCUT2D eigenvalue weighted by molar-refractivity contribution is -0.118. The van der Waals surface area contributed by atoms with Crippen LogP contribution in [0.2, 0.25) is 5.02 Å². The van der Waals surface area contributed by atoms with Crippen molar-refractivity contribution in [2.45, 2.75) is 18.6 Å². The van der Waals surface area contributed by atoms with Crippen LogP contribution >= 0.6 is 23.4 Å². The van der Waals surface area contributed by atoms with Crippen LogP contribution in [-0.4, -0.2) is 29.1 Å². The van der Waals surface area contributed by atoms with E-state index in [-0.39, 0.29) is 11.2 Å². The van der Waals surface area contributed by atoms with Gasteiger partial charge in [0.1, 0.15) is 5.75 Å². The van der Waals surface area contributed by atoms with Gasteiger partial charge in [0.25, 0.3) is 0 Å². The quantitative estimate of drug-likeness (QED) is 0.625. The van der Waals surface area contributed by atoms with Gasteiger partial charge in [-0.25, -0.2) is 0 Å². The van der Waals surface area contributed by atoms with Gasteiger partial charge in [-0.3, -0.25) is 4.79 Å². The zero-order chi connectivity index (χ0) is 18.5. The first-order chi connectivity index (χ1) is 12.5. The number of nitrogens with zero attached hydrogens (tertiary/aromatic N) is 2. The second-order valence-electron chi connectivity index (χ2n) is 5.75. The molecule has 2 aromatic carbocycles. The second kappa shape index (κ2) is 8.38. The lowest BCUT2D eigenvalue weighted by Crippen LogP contribution is -2.25. The Balaban J connectivity index is 1.65. The first-order valence-electron chi connectivity index (χ1n) is 8.04. The number of nitrogens with one attached hydrogen (secondary N) is 1. The molecule has 0 aromatic heterocycles. The molecule has 0 spiro atoms. The molecule has 0 unspecified atom stereocenters. The van der Waals surface area contributed by atoms with E-state index in [2.05, 4.69) is 15.5 Å². The van der Waals surface area contributed by atoms with Gasteiger partial charge in [0.2, 0.25) is 5.91 Å². The van der Waals surface area contributed by atoms with Gasteiger partial charge in [-0.15, -0.1) is 5.10 Å². The molecule has 1 fully saturated rings. The van der Waals surface area contributed by atoms with E-state index in [9.17, 15) is 4.79 Å². The van der Waals surface area contributed by atoms with E-state index in [1.807, 2.05) is 55.5 Å². The maximum absolute atomic E-state index is 12.1. The van der Waals surface area contributed by atoms with Crippen molar-refractivity contribution in [3.8, 4) is 5.75 Å². The highest BCUT2D eigenvalue weighted by molar-refractivity contribution is 8.15. The number of hydrogen-bond donors (Lipinski definition) is 1. The first kappa shape index (κ1) is 18.5. The Morgan fingerprint density at radius 2 is 1.88 bits per heavy atom. The topological polar surface area (TPSA) is 63.1 Å². The highest BCUT2D eigenvalue weighted by atomic mass is 35.5. The molecule has 0 saturated carbocycles. The van der Waals surface area contributed by atoms with Crippen LogP contribution in [0.1, 0.15) is 18.1 Å². The highest BCUT2D eigenvalue weighted by Crippen LogP contribution is 2.24. The zero-order valence-electron chi connectivity index (χ0n) is 14.4. The average Bonchev–Trinajstić information content (AvgIpc) is 3.01. The van der Waals surface area contributed by atoms with Crippen LogP contribution in [0.15, 0.2) is 58.7 Å². The number of amidine groups is 1. The Kier molecular flexibility index (Phi) is 5.96. The van der Waals surface area contributed by atoms with Gasteiger partial charge >= 0.3 is 0 Å². The van der Waals surface area contributed by atoms with Crippen molar-refractivity contribution in [3.05, 3.63) is 64.7 Å². The summed E-state index contributed by atoms with van der Waals surface area (Å²) in [4.78, 5) is 12.1. The molecule has 0 bridgehead atoms. The fraction of sp³-hybridized carbons (Fsp3) is 0.211. The summed E-state index contributed by atoms with van der Waals surface area (Å²) in [6.45, 7) is 1.87. The van der Waals surface area contributed by atoms with Crippen LogP contribution < -0.4 is 10.1 Å². The summed E-state index contributed by atoms with van der Waals surface area (Å²) in [6, 6.07) is 15.1. The van der Waals surface area contributed by atoms with Gasteiger partial charge in [-0.05, 0) is 60.9 Å². The predicted octanol–water partition coefficient (Wildman–Crippen LogP) is 3.90. The molecular weight excluding hydrogens is 370 g/mol. The minimum absolute atomic E-state index is 0.0546. The summed E-state index contributed by atoms with van der Waals surface area (Å²) in [5, 5.41) is 12.2. The van der Waals surface area contributed by atoms with Gasteiger partial charge in [0.15, 0.2) is 5.17 Å². The third-order valence-electron chi connectivity index (χ3n) is 3.91. The van der Waals surface area contributed by atoms with E-state index in [0.717, 1.165) is 22.6 Å². The van der Waals surface area contributed by atoms with E-state index < -0.39 is 0 Å². The Hall–Kier alpha value is -2.31. The fourth-order valence-electron chi connectivity index (χ4n) is 2.43. The van der Waals surface area contributed by atoms with E-state index in [1.165, 1.54) is 11.8 Å². The molecule has 1 saturated heterocycles. The van der Waals surface area contributed by atoms with Crippen LogP contribution in [-0.2, 0) is 11.2 Å². The molecule has 1 aliphatic rings. The van der Waals surface area contributed by atoms with Crippen LogP contribution in [0.5, 0.6) is 5.75 Å². The molecule has 0 radical (unpaired) electrons. The van der Waals surface area contributed by atoms with Crippen molar-refractivity contribution in [2.24, 2.45) is 10.2 Å². The monoisotopic (exact) mass is 387 g/mol. The van der Waals surface area contributed by atoms with Crippen molar-refractivity contribution in [1.29, 1.82) is 0 Å². The molecular formula is C19H18ClN3O2S. The first-order valence-corrected chi connectivity index (χ1v) is 9.29. The molecule has 1 N–H and O–H groups in total. The Morgan fingerprint density at radius 1 is 1.19 bits per heavy atom. The summed E-state index contributed by atoms with van der Waals surface area (Å²) >= 11 is 7.28. The Bertz CT molecular complexity index is 848. The molecule has 1 heterocycles. The van der Waals surface area contributed by atoms with Crippen LogP contribution in [0.3, 0.4) is 0 Å². The van der Waals surface area contributed by atoms with Crippen molar-refractivity contribution in [1.82, 2.24) is 5.32 Å². The fourth-order valence-corrected chi connectivity index (χ4v) is 3.52. The summed E-state index contributed by atoms with van der Waals surface area (Å²) < 4.78 is 5.14. The average molecular weight is 388 g/mol. The number of methoxy groups -OCH3 is 1. The van der Waals surface area contributed by atoms with Crippen molar-refractivity contribution < 1.29 is 9.53 Å². The number of benzene rings is 2. The molecule has 7 heteroatoms. The lowest BCUT2D eigenvalue weighted by atomic mass is 10.1. The Labute approximate surface area is 161 Å².